The Morgan fingerprint density at radius 2 is 1.89 bits per heavy atom. The number of benzene rings is 1. The number of anilines is 1. The molecule has 28 heavy (non-hydrogen) atoms. The lowest BCUT2D eigenvalue weighted by molar-refractivity contribution is -0.136. The molecule has 1 saturated carbocycles. The average Bonchev–Trinajstić information content (AvgIpc) is 3.39. The molecule has 2 aromatic rings. The number of thiazole rings is 1. The number of amides is 2. The lowest BCUT2D eigenvalue weighted by Crippen LogP contribution is -2.42. The Kier molecular flexibility index (Phi) is 6.46. The zero-order valence-electron chi connectivity index (χ0n) is 16.9. The zero-order valence-corrected chi connectivity index (χ0v) is 17.8. The first-order valence-corrected chi connectivity index (χ1v) is 10.4. The third-order valence-corrected chi connectivity index (χ3v) is 6.06. The molecule has 1 aliphatic rings. The maximum atomic E-state index is 13.1. The highest BCUT2D eigenvalue weighted by atomic mass is 32.1. The SMILES string of the molecule is Cc1nc(NC(=O)CN(CCN(C)C)C(=O)C2CC2c2ccccc2)sc1C. The number of aromatic nitrogens is 1. The summed E-state index contributed by atoms with van der Waals surface area (Å²) in [6.07, 6.45) is 0.855. The van der Waals surface area contributed by atoms with Gasteiger partial charge in [0.2, 0.25) is 11.8 Å². The third-order valence-electron chi connectivity index (χ3n) is 5.07. The fraction of sp³-hybridized carbons (Fsp3) is 0.476. The van der Waals surface area contributed by atoms with Gasteiger partial charge in [0, 0.05) is 23.9 Å². The number of carbonyl (C=O) groups is 2. The van der Waals surface area contributed by atoms with Gasteiger partial charge in [0.25, 0.3) is 0 Å². The Balaban J connectivity index is 1.63. The number of hydrogen-bond donors (Lipinski definition) is 1. The molecular formula is C21H28N4O2S. The first-order chi connectivity index (χ1) is 13.3. The minimum absolute atomic E-state index is 0.0262. The Hall–Kier alpha value is -2.25. The smallest absolute Gasteiger partial charge is 0.245 e. The molecule has 0 spiro atoms. The largest absolute Gasteiger partial charge is 0.332 e. The number of hydrogen-bond acceptors (Lipinski definition) is 5. The summed E-state index contributed by atoms with van der Waals surface area (Å²) in [6.45, 7) is 5.21. The fourth-order valence-corrected chi connectivity index (χ4v) is 4.05. The van der Waals surface area contributed by atoms with E-state index < -0.39 is 0 Å². The monoisotopic (exact) mass is 400 g/mol. The van der Waals surface area contributed by atoms with Gasteiger partial charge in [-0.3, -0.25) is 9.59 Å². The van der Waals surface area contributed by atoms with Crippen LogP contribution in [0.15, 0.2) is 30.3 Å². The second-order valence-corrected chi connectivity index (χ2v) is 8.83. The molecule has 3 rings (SSSR count). The second kappa shape index (κ2) is 8.84. The molecule has 7 heteroatoms. The van der Waals surface area contributed by atoms with E-state index in [2.05, 4.69) is 22.4 Å². The molecule has 2 atom stereocenters. The van der Waals surface area contributed by atoms with Gasteiger partial charge in [-0.15, -0.1) is 11.3 Å². The van der Waals surface area contributed by atoms with Crippen molar-refractivity contribution in [1.82, 2.24) is 14.8 Å². The summed E-state index contributed by atoms with van der Waals surface area (Å²) < 4.78 is 0. The molecule has 6 nitrogen and oxygen atoms in total. The molecule has 1 heterocycles. The van der Waals surface area contributed by atoms with Crippen LogP contribution in [0.4, 0.5) is 5.13 Å². The quantitative estimate of drug-likeness (QED) is 0.740. The van der Waals surface area contributed by atoms with Gasteiger partial charge >= 0.3 is 0 Å². The van der Waals surface area contributed by atoms with Crippen molar-refractivity contribution >= 4 is 28.3 Å². The molecule has 1 aromatic heterocycles. The number of aryl methyl sites for hydroxylation is 2. The second-order valence-electron chi connectivity index (χ2n) is 7.63. The number of likely N-dealkylation sites (N-methyl/N-ethyl adjacent to an activating group) is 1. The topological polar surface area (TPSA) is 65.5 Å². The van der Waals surface area contributed by atoms with Crippen LogP contribution in [-0.4, -0.2) is 60.3 Å². The van der Waals surface area contributed by atoms with E-state index in [4.69, 9.17) is 0 Å². The van der Waals surface area contributed by atoms with E-state index in [0.29, 0.717) is 11.7 Å². The molecule has 150 valence electrons. The molecule has 0 saturated heterocycles. The van der Waals surface area contributed by atoms with E-state index in [1.165, 1.54) is 16.9 Å². The van der Waals surface area contributed by atoms with Crippen LogP contribution in [-0.2, 0) is 9.59 Å². The van der Waals surface area contributed by atoms with Crippen molar-refractivity contribution in [2.75, 3.05) is 39.0 Å². The van der Waals surface area contributed by atoms with Crippen LogP contribution < -0.4 is 5.32 Å². The molecule has 2 amide bonds. The van der Waals surface area contributed by atoms with Gasteiger partial charge < -0.3 is 15.1 Å². The maximum Gasteiger partial charge on any atom is 0.245 e. The van der Waals surface area contributed by atoms with Crippen LogP contribution in [0.2, 0.25) is 0 Å². The molecule has 1 aromatic carbocycles. The summed E-state index contributed by atoms with van der Waals surface area (Å²) in [4.78, 5) is 34.7. The molecular weight excluding hydrogens is 372 g/mol. The van der Waals surface area contributed by atoms with Gasteiger partial charge in [0.05, 0.1) is 12.2 Å². The standard InChI is InChI=1S/C21H28N4O2S/c1-14-15(2)28-21(22-14)23-19(26)13-25(11-10-24(3)4)20(27)18-12-17(18)16-8-6-5-7-9-16/h5-9,17-18H,10-13H2,1-4H3,(H,22,23,26). The van der Waals surface area contributed by atoms with E-state index in [9.17, 15) is 9.59 Å². The molecule has 1 N–H and O–H groups in total. The van der Waals surface area contributed by atoms with Crippen LogP contribution in [0.3, 0.4) is 0 Å². The third kappa shape index (κ3) is 5.17. The van der Waals surface area contributed by atoms with Crippen LogP contribution in [0.1, 0.15) is 28.5 Å². The summed E-state index contributed by atoms with van der Waals surface area (Å²) in [7, 11) is 3.93. The highest BCUT2D eigenvalue weighted by molar-refractivity contribution is 7.15. The summed E-state index contributed by atoms with van der Waals surface area (Å²) in [6, 6.07) is 10.1. The van der Waals surface area contributed by atoms with Crippen molar-refractivity contribution in [2.24, 2.45) is 5.92 Å². The number of carbonyl (C=O) groups excluding carboxylic acids is 2. The van der Waals surface area contributed by atoms with Gasteiger partial charge in [0.1, 0.15) is 0 Å². The van der Waals surface area contributed by atoms with Gasteiger partial charge in [0.15, 0.2) is 5.13 Å². The van der Waals surface area contributed by atoms with E-state index in [0.717, 1.165) is 23.5 Å². The summed E-state index contributed by atoms with van der Waals surface area (Å²) in [5, 5.41) is 3.43. The molecule has 0 aliphatic heterocycles. The number of rotatable bonds is 8. The minimum Gasteiger partial charge on any atom is -0.332 e. The van der Waals surface area contributed by atoms with Gasteiger partial charge in [-0.25, -0.2) is 4.98 Å². The molecule has 0 radical (unpaired) electrons. The van der Waals surface area contributed by atoms with Crippen molar-refractivity contribution in [2.45, 2.75) is 26.2 Å². The minimum atomic E-state index is -0.197. The lowest BCUT2D eigenvalue weighted by atomic mass is 10.1. The molecule has 1 aliphatic carbocycles. The summed E-state index contributed by atoms with van der Waals surface area (Å²) in [5.41, 5.74) is 2.12. The van der Waals surface area contributed by atoms with Crippen molar-refractivity contribution < 1.29 is 9.59 Å². The van der Waals surface area contributed by atoms with E-state index >= 15 is 0 Å². The zero-order chi connectivity index (χ0) is 20.3. The van der Waals surface area contributed by atoms with Crippen molar-refractivity contribution in [1.29, 1.82) is 0 Å². The average molecular weight is 401 g/mol. The number of nitrogens with one attached hydrogen (secondary N) is 1. The van der Waals surface area contributed by atoms with Gasteiger partial charge in [-0.2, -0.15) is 0 Å². The molecule has 0 bridgehead atoms. The fourth-order valence-electron chi connectivity index (χ4n) is 3.22. The first kappa shape index (κ1) is 20.5. The number of nitrogens with zero attached hydrogens (tertiary/aromatic N) is 3. The van der Waals surface area contributed by atoms with Crippen molar-refractivity contribution in [3.63, 3.8) is 0 Å². The predicted molar refractivity (Wildman–Crippen MR) is 113 cm³/mol. The van der Waals surface area contributed by atoms with Crippen LogP contribution >= 0.6 is 11.3 Å². The van der Waals surface area contributed by atoms with E-state index in [1.54, 1.807) is 4.90 Å². The Bertz CT molecular complexity index is 815. The highest BCUT2D eigenvalue weighted by Crippen LogP contribution is 2.48. The van der Waals surface area contributed by atoms with Crippen molar-refractivity contribution in [3.05, 3.63) is 46.5 Å². The Morgan fingerprint density at radius 3 is 2.50 bits per heavy atom. The van der Waals surface area contributed by atoms with Crippen LogP contribution in [0.25, 0.3) is 0 Å². The van der Waals surface area contributed by atoms with Crippen molar-refractivity contribution in [3.8, 4) is 0 Å². The first-order valence-electron chi connectivity index (χ1n) is 9.57. The molecule has 2 unspecified atom stereocenters. The predicted octanol–water partition coefficient (Wildman–Crippen LogP) is 2.89. The van der Waals surface area contributed by atoms with Gasteiger partial charge in [-0.05, 0) is 45.8 Å². The maximum absolute atomic E-state index is 13.1. The summed E-state index contributed by atoms with van der Waals surface area (Å²) >= 11 is 1.46. The van der Waals surface area contributed by atoms with Gasteiger partial charge in [-0.1, -0.05) is 30.3 Å². The Labute approximate surface area is 170 Å². The Morgan fingerprint density at radius 1 is 1.18 bits per heavy atom. The van der Waals surface area contributed by atoms with Crippen LogP contribution in [0, 0.1) is 19.8 Å². The van der Waals surface area contributed by atoms with E-state index in [-0.39, 0.29) is 30.2 Å². The normalized spacial score (nSPS) is 18.2. The highest BCUT2D eigenvalue weighted by Gasteiger charge is 2.45. The van der Waals surface area contributed by atoms with Crippen LogP contribution in [0.5, 0.6) is 0 Å². The summed E-state index contributed by atoms with van der Waals surface area (Å²) in [5.74, 6) is 0.111. The lowest BCUT2D eigenvalue weighted by Gasteiger charge is -2.24. The molecule has 1 fully saturated rings. The van der Waals surface area contributed by atoms with E-state index in [1.807, 2.05) is 51.0 Å².